The van der Waals surface area contributed by atoms with E-state index in [-0.39, 0.29) is 25.1 Å². The highest BCUT2D eigenvalue weighted by molar-refractivity contribution is 6.03. The summed E-state index contributed by atoms with van der Waals surface area (Å²) >= 11 is 0. The van der Waals surface area contributed by atoms with Crippen molar-refractivity contribution < 1.29 is 35.9 Å². The van der Waals surface area contributed by atoms with E-state index in [2.05, 4.69) is 5.32 Å². The maximum Gasteiger partial charge on any atom is 0.417 e. The van der Waals surface area contributed by atoms with Crippen LogP contribution < -0.4 is 10.2 Å². The fraction of sp³-hybridized carbons (Fsp3) is 0.300. The van der Waals surface area contributed by atoms with Crippen molar-refractivity contribution in [3.05, 3.63) is 64.7 Å². The molecule has 4 nitrogen and oxygen atoms in total. The summed E-state index contributed by atoms with van der Waals surface area (Å²) in [4.78, 5) is 25.3. The molecular formula is C20H16F6N2O2. The van der Waals surface area contributed by atoms with Crippen molar-refractivity contribution in [3.8, 4) is 0 Å². The molecule has 0 amide bonds. The standard InChI is InChI=1S/C20H16F6N2O2/c21-19(22,23)15-4-2-1-3-14(15)18(30)17-10-27-7-8-28(17)13-6-5-12(11-29)16(9-13)20(24,25)26/h1-6,9,11,17,27H,7-8,10H2. The van der Waals surface area contributed by atoms with Gasteiger partial charge in [-0.1, -0.05) is 18.2 Å². The first kappa shape index (κ1) is 21.8. The molecule has 1 saturated heterocycles. The highest BCUT2D eigenvalue weighted by Gasteiger charge is 2.39. The van der Waals surface area contributed by atoms with E-state index >= 15 is 0 Å². The molecule has 0 radical (unpaired) electrons. The van der Waals surface area contributed by atoms with Crippen LogP contribution in [-0.4, -0.2) is 37.7 Å². The lowest BCUT2D eigenvalue weighted by Crippen LogP contribution is -2.55. The second-order valence-corrected chi connectivity index (χ2v) is 6.71. The molecule has 1 fully saturated rings. The third kappa shape index (κ3) is 4.33. The molecule has 160 valence electrons. The van der Waals surface area contributed by atoms with Gasteiger partial charge in [0.25, 0.3) is 0 Å². The van der Waals surface area contributed by atoms with Gasteiger partial charge >= 0.3 is 12.4 Å². The molecule has 0 bridgehead atoms. The number of benzene rings is 2. The van der Waals surface area contributed by atoms with Gasteiger partial charge in [-0.15, -0.1) is 0 Å². The Kier molecular flexibility index (Phi) is 5.89. The van der Waals surface area contributed by atoms with Gasteiger partial charge in [-0.3, -0.25) is 9.59 Å². The Hall–Kier alpha value is -2.88. The molecule has 1 unspecified atom stereocenters. The number of piperazine rings is 1. The second-order valence-electron chi connectivity index (χ2n) is 6.71. The normalized spacial score (nSPS) is 17.7. The Balaban J connectivity index is 2.03. The number of carbonyl (C=O) groups is 2. The average molecular weight is 430 g/mol. The van der Waals surface area contributed by atoms with Crippen LogP contribution in [0.15, 0.2) is 42.5 Å². The summed E-state index contributed by atoms with van der Waals surface area (Å²) in [6, 6.07) is 6.12. The number of nitrogens with one attached hydrogen (secondary N) is 1. The number of ketones is 1. The molecule has 0 aromatic heterocycles. The minimum absolute atomic E-state index is 0.00253. The van der Waals surface area contributed by atoms with Gasteiger partial charge in [0, 0.05) is 36.4 Å². The molecular weight excluding hydrogens is 414 g/mol. The van der Waals surface area contributed by atoms with Crippen LogP contribution in [0.1, 0.15) is 31.8 Å². The van der Waals surface area contributed by atoms with Gasteiger partial charge in [0.05, 0.1) is 11.1 Å². The van der Waals surface area contributed by atoms with E-state index in [1.807, 2.05) is 0 Å². The van der Waals surface area contributed by atoms with E-state index in [1.54, 1.807) is 0 Å². The number of Topliss-reactive ketones (excluding diaryl/α,β-unsaturated/α-hetero) is 1. The van der Waals surface area contributed by atoms with Gasteiger partial charge in [-0.2, -0.15) is 26.3 Å². The van der Waals surface area contributed by atoms with Gasteiger partial charge in [0.2, 0.25) is 0 Å². The van der Waals surface area contributed by atoms with Gasteiger partial charge in [-0.05, 0) is 24.3 Å². The highest BCUT2D eigenvalue weighted by Crippen LogP contribution is 2.36. The molecule has 1 heterocycles. The molecule has 10 heteroatoms. The molecule has 0 spiro atoms. The van der Waals surface area contributed by atoms with Crippen molar-refractivity contribution in [1.82, 2.24) is 5.32 Å². The molecule has 0 aliphatic carbocycles. The van der Waals surface area contributed by atoms with Gasteiger partial charge in [-0.25, -0.2) is 0 Å². The van der Waals surface area contributed by atoms with Crippen molar-refractivity contribution in [2.75, 3.05) is 24.5 Å². The third-order valence-electron chi connectivity index (χ3n) is 4.84. The fourth-order valence-electron chi connectivity index (χ4n) is 3.44. The van der Waals surface area contributed by atoms with Crippen LogP contribution in [0.4, 0.5) is 32.0 Å². The van der Waals surface area contributed by atoms with Gasteiger partial charge in [0.15, 0.2) is 12.1 Å². The zero-order valence-corrected chi connectivity index (χ0v) is 15.3. The summed E-state index contributed by atoms with van der Waals surface area (Å²) in [5, 5.41) is 2.89. The van der Waals surface area contributed by atoms with E-state index in [9.17, 15) is 35.9 Å². The lowest BCUT2D eigenvalue weighted by atomic mass is 9.95. The zero-order valence-electron chi connectivity index (χ0n) is 15.3. The quantitative estimate of drug-likeness (QED) is 0.449. The maximum atomic E-state index is 13.3. The first-order valence-corrected chi connectivity index (χ1v) is 8.88. The second kappa shape index (κ2) is 8.10. The number of aldehydes is 1. The van der Waals surface area contributed by atoms with E-state index in [1.165, 1.54) is 17.0 Å². The Bertz CT molecular complexity index is 955. The van der Waals surface area contributed by atoms with Crippen LogP contribution in [0.25, 0.3) is 0 Å². The summed E-state index contributed by atoms with van der Waals surface area (Å²) in [5.41, 5.74) is -3.39. The fourth-order valence-corrected chi connectivity index (χ4v) is 3.44. The Labute approximate surface area is 167 Å². The molecule has 30 heavy (non-hydrogen) atoms. The van der Waals surface area contributed by atoms with E-state index in [4.69, 9.17) is 0 Å². The van der Waals surface area contributed by atoms with Gasteiger partial charge in [0.1, 0.15) is 6.04 Å². The summed E-state index contributed by atoms with van der Waals surface area (Å²) in [7, 11) is 0. The lowest BCUT2D eigenvalue weighted by molar-refractivity contribution is -0.138. The zero-order chi connectivity index (χ0) is 22.1. The largest absolute Gasteiger partial charge is 0.417 e. The number of hydrogen-bond donors (Lipinski definition) is 1. The number of anilines is 1. The molecule has 1 aliphatic heterocycles. The lowest BCUT2D eigenvalue weighted by Gasteiger charge is -2.37. The SMILES string of the molecule is O=Cc1ccc(N2CCNCC2C(=O)c2ccccc2C(F)(F)F)cc1C(F)(F)F. The number of nitrogens with zero attached hydrogens (tertiary/aromatic N) is 1. The number of halogens is 6. The molecule has 1 N–H and O–H groups in total. The van der Waals surface area contributed by atoms with Crippen molar-refractivity contribution in [2.45, 2.75) is 18.4 Å². The Morgan fingerprint density at radius 2 is 1.67 bits per heavy atom. The third-order valence-corrected chi connectivity index (χ3v) is 4.84. The van der Waals surface area contributed by atoms with E-state index < -0.39 is 46.4 Å². The summed E-state index contributed by atoms with van der Waals surface area (Å²) in [6.45, 7) is 0.381. The molecule has 0 saturated carbocycles. The monoisotopic (exact) mass is 430 g/mol. The van der Waals surface area contributed by atoms with Crippen LogP contribution in [0.2, 0.25) is 0 Å². The van der Waals surface area contributed by atoms with Crippen LogP contribution in [-0.2, 0) is 12.4 Å². The summed E-state index contributed by atoms with van der Waals surface area (Å²) in [6.07, 6.45) is -9.48. The Morgan fingerprint density at radius 1 is 1.00 bits per heavy atom. The van der Waals surface area contributed by atoms with Crippen LogP contribution >= 0.6 is 0 Å². The minimum atomic E-state index is -4.80. The molecule has 1 atom stereocenters. The number of hydrogen-bond acceptors (Lipinski definition) is 4. The molecule has 2 aromatic rings. The topological polar surface area (TPSA) is 49.4 Å². The van der Waals surface area contributed by atoms with E-state index in [0.29, 0.717) is 6.54 Å². The predicted molar refractivity (Wildman–Crippen MR) is 96.6 cm³/mol. The first-order valence-electron chi connectivity index (χ1n) is 8.88. The number of rotatable bonds is 4. The summed E-state index contributed by atoms with van der Waals surface area (Å²) < 4.78 is 79.9. The molecule has 2 aromatic carbocycles. The van der Waals surface area contributed by atoms with Crippen LogP contribution in [0.5, 0.6) is 0 Å². The van der Waals surface area contributed by atoms with E-state index in [0.717, 1.165) is 30.3 Å². The number of carbonyl (C=O) groups excluding carboxylic acids is 2. The molecule has 3 rings (SSSR count). The Morgan fingerprint density at radius 3 is 2.30 bits per heavy atom. The molecule has 1 aliphatic rings. The van der Waals surface area contributed by atoms with Crippen molar-refractivity contribution in [3.63, 3.8) is 0 Å². The van der Waals surface area contributed by atoms with Crippen LogP contribution in [0, 0.1) is 0 Å². The number of alkyl halides is 6. The minimum Gasteiger partial charge on any atom is -0.359 e. The van der Waals surface area contributed by atoms with Gasteiger partial charge < -0.3 is 10.2 Å². The van der Waals surface area contributed by atoms with Crippen LogP contribution in [0.3, 0.4) is 0 Å². The van der Waals surface area contributed by atoms with Crippen molar-refractivity contribution >= 4 is 17.8 Å². The van der Waals surface area contributed by atoms with Crippen molar-refractivity contribution in [2.24, 2.45) is 0 Å². The maximum absolute atomic E-state index is 13.3. The summed E-state index contributed by atoms with van der Waals surface area (Å²) in [5.74, 6) is -0.858. The first-order chi connectivity index (χ1) is 14.0. The van der Waals surface area contributed by atoms with Crippen molar-refractivity contribution in [1.29, 1.82) is 0 Å². The average Bonchev–Trinajstić information content (AvgIpc) is 2.71. The smallest absolute Gasteiger partial charge is 0.359 e. The predicted octanol–water partition coefficient (Wildman–Crippen LogP) is 4.20. The highest BCUT2D eigenvalue weighted by atomic mass is 19.4.